The van der Waals surface area contributed by atoms with E-state index in [2.05, 4.69) is 52.2 Å². The van der Waals surface area contributed by atoms with Crippen molar-refractivity contribution >= 4 is 27.7 Å². The van der Waals surface area contributed by atoms with Crippen LogP contribution in [0, 0.1) is 28.6 Å². The number of nitrogens with zero attached hydrogens (tertiary/aromatic N) is 2. The Hall–Kier alpha value is -1.36. The number of hydrogen-bond donors (Lipinski definition) is 1. The van der Waals surface area contributed by atoms with Crippen LogP contribution in [0.4, 0.5) is 5.82 Å². The molecule has 4 nitrogen and oxygen atoms in total. The first-order valence-corrected chi connectivity index (χ1v) is 12.0. The van der Waals surface area contributed by atoms with Crippen molar-refractivity contribution in [3.63, 3.8) is 0 Å². The number of halogens is 1. The number of aromatic nitrogens is 1. The quantitative estimate of drug-likeness (QED) is 0.657. The first-order valence-electron chi connectivity index (χ1n) is 11.2. The van der Waals surface area contributed by atoms with Crippen LogP contribution in [-0.2, 0) is 4.79 Å². The van der Waals surface area contributed by atoms with Gasteiger partial charge in [0.2, 0.25) is 5.91 Å². The molecule has 156 valence electrons. The summed E-state index contributed by atoms with van der Waals surface area (Å²) in [6.07, 6.45) is 13.4. The fourth-order valence-corrected chi connectivity index (χ4v) is 7.97. The molecule has 4 aliphatic rings. The highest BCUT2D eigenvalue weighted by atomic mass is 79.9. The summed E-state index contributed by atoms with van der Waals surface area (Å²) in [5.41, 5.74) is 0.457. The van der Waals surface area contributed by atoms with Crippen molar-refractivity contribution in [2.24, 2.45) is 28.6 Å². The molecule has 3 saturated carbocycles. The lowest BCUT2D eigenvalue weighted by Crippen LogP contribution is -2.60. The first kappa shape index (κ1) is 19.6. The van der Waals surface area contributed by atoms with Crippen molar-refractivity contribution < 1.29 is 4.79 Å². The summed E-state index contributed by atoms with van der Waals surface area (Å²) >= 11 is 3.57. The summed E-state index contributed by atoms with van der Waals surface area (Å²) in [6, 6.07) is 4.93. The molecule has 29 heavy (non-hydrogen) atoms. The maximum absolute atomic E-state index is 12.2. The molecular formula is C24H32BrN3O. The SMILES string of the molecule is CN1C(=O)C=C[C@]2(C)[C@H]3CC[C@]4(C)[C@@H](Nc5cc(Br)ccn5)CC[C@H]4[C@@H]3CC[C@@H]12. The lowest BCUT2D eigenvalue weighted by molar-refractivity contribution is -0.138. The average Bonchev–Trinajstić information content (AvgIpc) is 3.02. The minimum absolute atomic E-state index is 0.129. The summed E-state index contributed by atoms with van der Waals surface area (Å²) in [5, 5.41) is 3.79. The fraction of sp³-hybridized carbons (Fsp3) is 0.667. The number of likely N-dealkylation sites (N-methyl/N-ethyl adjacent to an activating group) is 1. The van der Waals surface area contributed by atoms with Gasteiger partial charge in [-0.2, -0.15) is 0 Å². The first-order chi connectivity index (χ1) is 13.8. The van der Waals surface area contributed by atoms with Gasteiger partial charge in [0.25, 0.3) is 0 Å². The van der Waals surface area contributed by atoms with Crippen molar-refractivity contribution in [2.45, 2.75) is 64.5 Å². The van der Waals surface area contributed by atoms with Crippen molar-refractivity contribution in [3.8, 4) is 0 Å². The Kier molecular flexibility index (Phi) is 4.61. The zero-order valence-corrected chi connectivity index (χ0v) is 19.3. The van der Waals surface area contributed by atoms with Crippen molar-refractivity contribution in [1.29, 1.82) is 0 Å². The molecule has 2 heterocycles. The van der Waals surface area contributed by atoms with Gasteiger partial charge in [0.15, 0.2) is 0 Å². The highest BCUT2D eigenvalue weighted by Gasteiger charge is 2.60. The third-order valence-electron chi connectivity index (χ3n) is 9.17. The number of fused-ring (bicyclic) bond motifs is 5. The van der Waals surface area contributed by atoms with E-state index in [1.807, 2.05) is 30.3 Å². The van der Waals surface area contributed by atoms with E-state index in [1.54, 1.807) is 0 Å². The number of amides is 1. The van der Waals surface area contributed by atoms with Crippen LogP contribution in [0.25, 0.3) is 0 Å². The minimum atomic E-state index is 0.129. The maximum Gasteiger partial charge on any atom is 0.246 e. The summed E-state index contributed by atoms with van der Waals surface area (Å²) < 4.78 is 1.08. The smallest absolute Gasteiger partial charge is 0.246 e. The van der Waals surface area contributed by atoms with Crippen LogP contribution < -0.4 is 5.32 Å². The molecule has 1 aromatic rings. The number of pyridine rings is 1. The zero-order chi connectivity index (χ0) is 20.4. The number of anilines is 1. The van der Waals surface area contributed by atoms with Gasteiger partial charge in [-0.3, -0.25) is 4.79 Å². The third kappa shape index (κ3) is 2.90. The van der Waals surface area contributed by atoms with Crippen molar-refractivity contribution in [1.82, 2.24) is 9.88 Å². The van der Waals surface area contributed by atoms with Gasteiger partial charge in [-0.05, 0) is 79.9 Å². The number of carbonyl (C=O) groups is 1. The Morgan fingerprint density at radius 1 is 1.17 bits per heavy atom. The molecule has 3 fully saturated rings. The van der Waals surface area contributed by atoms with E-state index >= 15 is 0 Å². The molecule has 0 unspecified atom stereocenters. The van der Waals surface area contributed by atoms with Crippen LogP contribution in [0.15, 0.2) is 35.0 Å². The van der Waals surface area contributed by atoms with Gasteiger partial charge in [0.1, 0.15) is 5.82 Å². The zero-order valence-electron chi connectivity index (χ0n) is 17.7. The molecule has 1 N–H and O–H groups in total. The van der Waals surface area contributed by atoms with Crippen molar-refractivity contribution in [3.05, 3.63) is 35.0 Å². The number of hydrogen-bond acceptors (Lipinski definition) is 3. The largest absolute Gasteiger partial charge is 0.367 e. The molecule has 5 heteroatoms. The van der Waals surface area contributed by atoms with Gasteiger partial charge in [-0.1, -0.05) is 35.9 Å². The molecule has 5 rings (SSSR count). The van der Waals surface area contributed by atoms with E-state index in [1.165, 1.54) is 32.1 Å². The second-order valence-electron chi connectivity index (χ2n) is 10.3. The van der Waals surface area contributed by atoms with Crippen LogP contribution in [0.2, 0.25) is 0 Å². The summed E-state index contributed by atoms with van der Waals surface area (Å²) in [5.74, 6) is 3.38. The molecular weight excluding hydrogens is 426 g/mol. The molecule has 0 saturated heterocycles. The normalized spacial score (nSPS) is 43.5. The highest BCUT2D eigenvalue weighted by molar-refractivity contribution is 9.10. The average molecular weight is 458 g/mol. The predicted molar refractivity (Wildman–Crippen MR) is 119 cm³/mol. The highest BCUT2D eigenvalue weighted by Crippen LogP contribution is 2.64. The molecule has 0 bridgehead atoms. The van der Waals surface area contributed by atoms with E-state index in [0.29, 0.717) is 23.4 Å². The lowest BCUT2D eigenvalue weighted by Gasteiger charge is -2.60. The monoisotopic (exact) mass is 457 g/mol. The van der Waals surface area contributed by atoms with E-state index < -0.39 is 0 Å². The Bertz CT molecular complexity index is 856. The van der Waals surface area contributed by atoms with E-state index in [9.17, 15) is 4.79 Å². The molecule has 1 aliphatic heterocycles. The van der Waals surface area contributed by atoms with Gasteiger partial charge >= 0.3 is 0 Å². The predicted octanol–water partition coefficient (Wildman–Crippen LogP) is 5.26. The second kappa shape index (κ2) is 6.83. The molecule has 0 spiro atoms. The minimum Gasteiger partial charge on any atom is -0.367 e. The molecule has 1 aromatic heterocycles. The fourth-order valence-electron chi connectivity index (χ4n) is 7.64. The van der Waals surface area contributed by atoms with Gasteiger partial charge in [-0.15, -0.1) is 0 Å². The second-order valence-corrected chi connectivity index (χ2v) is 11.2. The molecule has 3 aliphatic carbocycles. The topological polar surface area (TPSA) is 45.2 Å². The van der Waals surface area contributed by atoms with Crippen LogP contribution in [0.3, 0.4) is 0 Å². The van der Waals surface area contributed by atoms with Crippen LogP contribution in [-0.4, -0.2) is 34.9 Å². The van der Waals surface area contributed by atoms with E-state index in [-0.39, 0.29) is 11.3 Å². The Morgan fingerprint density at radius 2 is 2.00 bits per heavy atom. The van der Waals surface area contributed by atoms with E-state index in [0.717, 1.165) is 28.5 Å². The van der Waals surface area contributed by atoms with Gasteiger partial charge in [0, 0.05) is 35.2 Å². The Morgan fingerprint density at radius 3 is 2.79 bits per heavy atom. The molecule has 7 atom stereocenters. The Labute approximate surface area is 182 Å². The van der Waals surface area contributed by atoms with Crippen molar-refractivity contribution in [2.75, 3.05) is 12.4 Å². The standard InChI is InChI=1S/C24H32BrN3O/c1-23-11-8-18-16(4-7-20-24(18,2)12-9-22(29)28(20)3)17(23)5-6-19(23)27-21-14-15(25)10-13-26-21/h9-10,12-14,16-20H,4-8,11H2,1-3H3,(H,26,27)/t16-,17-,18-,19-,20+,23-,24+/m0/s1. The van der Waals surface area contributed by atoms with Crippen LogP contribution in [0.1, 0.15) is 52.4 Å². The summed E-state index contributed by atoms with van der Waals surface area (Å²) in [7, 11) is 2.00. The number of nitrogens with one attached hydrogen (secondary N) is 1. The summed E-state index contributed by atoms with van der Waals surface area (Å²) in [6.45, 7) is 4.95. The third-order valence-corrected chi connectivity index (χ3v) is 9.67. The van der Waals surface area contributed by atoms with Crippen LogP contribution in [0.5, 0.6) is 0 Å². The Balaban J connectivity index is 1.40. The maximum atomic E-state index is 12.2. The van der Waals surface area contributed by atoms with Gasteiger partial charge in [-0.25, -0.2) is 4.98 Å². The molecule has 0 aromatic carbocycles. The number of rotatable bonds is 2. The van der Waals surface area contributed by atoms with Crippen LogP contribution >= 0.6 is 15.9 Å². The van der Waals surface area contributed by atoms with E-state index in [4.69, 9.17) is 0 Å². The van der Waals surface area contributed by atoms with Gasteiger partial charge < -0.3 is 10.2 Å². The number of carbonyl (C=O) groups excluding carboxylic acids is 1. The summed E-state index contributed by atoms with van der Waals surface area (Å²) in [4.78, 5) is 18.8. The molecule has 0 radical (unpaired) electrons. The lowest BCUT2D eigenvalue weighted by atomic mass is 9.48. The van der Waals surface area contributed by atoms with Gasteiger partial charge in [0.05, 0.1) is 0 Å². The molecule has 1 amide bonds.